The minimum atomic E-state index is 0.0248. The van der Waals surface area contributed by atoms with E-state index in [1.165, 1.54) is 19.3 Å². The molecule has 0 spiro atoms. The van der Waals surface area contributed by atoms with Crippen molar-refractivity contribution < 1.29 is 4.79 Å². The van der Waals surface area contributed by atoms with Gasteiger partial charge in [-0.05, 0) is 31.1 Å². The SMILES string of the molecule is Cc1c(C(=O)N[C@@H]2CCCC[C@@H]2C(C)(C)C)cnn1C. The van der Waals surface area contributed by atoms with Crippen molar-refractivity contribution in [2.45, 2.75) is 59.4 Å². The van der Waals surface area contributed by atoms with Gasteiger partial charge in [0.25, 0.3) is 5.91 Å². The van der Waals surface area contributed by atoms with Gasteiger partial charge in [-0.25, -0.2) is 0 Å². The molecule has 4 nitrogen and oxygen atoms in total. The van der Waals surface area contributed by atoms with Crippen LogP contribution in [0.5, 0.6) is 0 Å². The summed E-state index contributed by atoms with van der Waals surface area (Å²) >= 11 is 0. The molecule has 0 radical (unpaired) electrons. The Balaban J connectivity index is 2.11. The van der Waals surface area contributed by atoms with Crippen molar-refractivity contribution in [1.29, 1.82) is 0 Å². The Morgan fingerprint density at radius 2 is 2.00 bits per heavy atom. The van der Waals surface area contributed by atoms with Gasteiger partial charge < -0.3 is 5.32 Å². The standard InChI is InChI=1S/C16H27N3O/c1-11-12(10-17-19(11)5)15(20)18-14-9-7-6-8-13(14)16(2,3)4/h10,13-14H,6-9H2,1-5H3,(H,18,20)/t13-,14+/m0/s1. The summed E-state index contributed by atoms with van der Waals surface area (Å²) in [5, 5.41) is 7.41. The second-order valence-electron chi connectivity index (χ2n) is 7.10. The topological polar surface area (TPSA) is 46.9 Å². The quantitative estimate of drug-likeness (QED) is 0.903. The zero-order valence-corrected chi connectivity index (χ0v) is 13.4. The third kappa shape index (κ3) is 3.05. The maximum absolute atomic E-state index is 12.5. The number of amides is 1. The Bertz CT molecular complexity index is 484. The second-order valence-corrected chi connectivity index (χ2v) is 7.10. The first-order valence-electron chi connectivity index (χ1n) is 7.60. The zero-order valence-electron chi connectivity index (χ0n) is 13.4. The maximum atomic E-state index is 12.5. The number of hydrogen-bond donors (Lipinski definition) is 1. The molecule has 1 amide bonds. The summed E-state index contributed by atoms with van der Waals surface area (Å²) in [5.41, 5.74) is 1.86. The monoisotopic (exact) mass is 277 g/mol. The molecule has 0 bridgehead atoms. The van der Waals surface area contributed by atoms with Crippen molar-refractivity contribution in [3.63, 3.8) is 0 Å². The van der Waals surface area contributed by atoms with Crippen LogP contribution in [0.1, 0.15) is 62.5 Å². The molecule has 1 aliphatic rings. The van der Waals surface area contributed by atoms with Gasteiger partial charge in [0.1, 0.15) is 0 Å². The zero-order chi connectivity index (χ0) is 14.9. The van der Waals surface area contributed by atoms with Crippen LogP contribution in [0.25, 0.3) is 0 Å². The van der Waals surface area contributed by atoms with E-state index in [1.807, 2.05) is 14.0 Å². The highest BCUT2D eigenvalue weighted by molar-refractivity contribution is 5.95. The fourth-order valence-corrected chi connectivity index (χ4v) is 3.31. The van der Waals surface area contributed by atoms with Crippen molar-refractivity contribution in [2.24, 2.45) is 18.4 Å². The van der Waals surface area contributed by atoms with Crippen LogP contribution in [0, 0.1) is 18.3 Å². The molecular weight excluding hydrogens is 250 g/mol. The lowest BCUT2D eigenvalue weighted by Gasteiger charge is -2.40. The van der Waals surface area contributed by atoms with Gasteiger partial charge in [0.05, 0.1) is 11.8 Å². The molecule has 0 aliphatic heterocycles. The lowest BCUT2D eigenvalue weighted by molar-refractivity contribution is 0.0829. The number of rotatable bonds is 2. The van der Waals surface area contributed by atoms with Crippen LogP contribution in [0.15, 0.2) is 6.20 Å². The molecule has 1 aliphatic carbocycles. The third-order valence-electron chi connectivity index (χ3n) is 4.67. The molecule has 1 fully saturated rings. The highest BCUT2D eigenvalue weighted by Crippen LogP contribution is 2.38. The highest BCUT2D eigenvalue weighted by atomic mass is 16.1. The molecule has 1 saturated carbocycles. The van der Waals surface area contributed by atoms with E-state index < -0.39 is 0 Å². The Morgan fingerprint density at radius 3 is 2.55 bits per heavy atom. The molecule has 1 aromatic heterocycles. The van der Waals surface area contributed by atoms with E-state index in [0.717, 1.165) is 12.1 Å². The highest BCUT2D eigenvalue weighted by Gasteiger charge is 2.35. The van der Waals surface area contributed by atoms with Gasteiger partial charge in [0.15, 0.2) is 0 Å². The van der Waals surface area contributed by atoms with E-state index in [1.54, 1.807) is 10.9 Å². The normalized spacial score (nSPS) is 23.6. The van der Waals surface area contributed by atoms with E-state index in [4.69, 9.17) is 0 Å². The van der Waals surface area contributed by atoms with Gasteiger partial charge in [0, 0.05) is 18.8 Å². The molecule has 1 N–H and O–H groups in total. The van der Waals surface area contributed by atoms with Gasteiger partial charge in [-0.15, -0.1) is 0 Å². The van der Waals surface area contributed by atoms with E-state index in [2.05, 4.69) is 31.2 Å². The molecule has 0 saturated heterocycles. The Labute approximate surface area is 121 Å². The third-order valence-corrected chi connectivity index (χ3v) is 4.67. The number of nitrogens with one attached hydrogen (secondary N) is 1. The summed E-state index contributed by atoms with van der Waals surface area (Å²) in [4.78, 5) is 12.5. The van der Waals surface area contributed by atoms with Crippen LogP contribution in [0.3, 0.4) is 0 Å². The Kier molecular flexibility index (Phi) is 4.21. The molecule has 2 atom stereocenters. The number of aromatic nitrogens is 2. The summed E-state index contributed by atoms with van der Waals surface area (Å²) in [5.74, 6) is 0.578. The van der Waals surface area contributed by atoms with E-state index in [-0.39, 0.29) is 17.4 Å². The van der Waals surface area contributed by atoms with Gasteiger partial charge in [-0.1, -0.05) is 33.6 Å². The molecular formula is C16H27N3O. The van der Waals surface area contributed by atoms with Gasteiger partial charge in [-0.2, -0.15) is 5.10 Å². The molecule has 4 heteroatoms. The predicted octanol–water partition coefficient (Wildman–Crippen LogP) is 3.06. The minimum absolute atomic E-state index is 0.0248. The van der Waals surface area contributed by atoms with E-state index >= 15 is 0 Å². The average molecular weight is 277 g/mol. The van der Waals surface area contributed by atoms with Crippen LogP contribution in [0.4, 0.5) is 0 Å². The van der Waals surface area contributed by atoms with Crippen LogP contribution in [0.2, 0.25) is 0 Å². The second kappa shape index (κ2) is 5.58. The molecule has 1 aromatic rings. The summed E-state index contributed by atoms with van der Waals surface area (Å²) in [6.45, 7) is 8.76. The Morgan fingerprint density at radius 1 is 1.35 bits per heavy atom. The van der Waals surface area contributed by atoms with Crippen molar-refractivity contribution in [3.8, 4) is 0 Å². The first kappa shape index (κ1) is 15.1. The summed E-state index contributed by atoms with van der Waals surface area (Å²) in [6, 6.07) is 0.288. The van der Waals surface area contributed by atoms with Gasteiger partial charge >= 0.3 is 0 Å². The first-order valence-corrected chi connectivity index (χ1v) is 7.60. The number of hydrogen-bond acceptors (Lipinski definition) is 2. The lowest BCUT2D eigenvalue weighted by Crippen LogP contribution is -2.46. The molecule has 20 heavy (non-hydrogen) atoms. The van der Waals surface area contributed by atoms with Crippen LogP contribution >= 0.6 is 0 Å². The van der Waals surface area contributed by atoms with Crippen LogP contribution < -0.4 is 5.32 Å². The van der Waals surface area contributed by atoms with E-state index in [0.29, 0.717) is 11.5 Å². The maximum Gasteiger partial charge on any atom is 0.254 e. The number of carbonyl (C=O) groups is 1. The average Bonchev–Trinajstić information content (AvgIpc) is 2.69. The summed E-state index contributed by atoms with van der Waals surface area (Å²) in [6.07, 6.45) is 6.46. The predicted molar refractivity (Wildman–Crippen MR) is 80.6 cm³/mol. The molecule has 112 valence electrons. The van der Waals surface area contributed by atoms with E-state index in [9.17, 15) is 4.79 Å². The number of nitrogens with zero attached hydrogens (tertiary/aromatic N) is 2. The van der Waals surface area contributed by atoms with Crippen molar-refractivity contribution >= 4 is 5.91 Å². The summed E-state index contributed by atoms with van der Waals surface area (Å²) < 4.78 is 1.75. The minimum Gasteiger partial charge on any atom is -0.349 e. The number of aryl methyl sites for hydroxylation is 1. The molecule has 0 unspecified atom stereocenters. The van der Waals surface area contributed by atoms with Crippen molar-refractivity contribution in [3.05, 3.63) is 17.5 Å². The fourth-order valence-electron chi connectivity index (χ4n) is 3.31. The first-order chi connectivity index (χ1) is 9.30. The molecule has 1 heterocycles. The van der Waals surface area contributed by atoms with Crippen molar-refractivity contribution in [2.75, 3.05) is 0 Å². The van der Waals surface area contributed by atoms with Gasteiger partial charge in [-0.3, -0.25) is 9.48 Å². The van der Waals surface area contributed by atoms with Crippen LogP contribution in [-0.2, 0) is 7.05 Å². The van der Waals surface area contributed by atoms with Crippen molar-refractivity contribution in [1.82, 2.24) is 15.1 Å². The Hall–Kier alpha value is -1.32. The largest absolute Gasteiger partial charge is 0.349 e. The molecule has 0 aromatic carbocycles. The van der Waals surface area contributed by atoms with Gasteiger partial charge in [0.2, 0.25) is 0 Å². The fraction of sp³-hybridized carbons (Fsp3) is 0.750. The van der Waals surface area contributed by atoms with Crippen LogP contribution in [-0.4, -0.2) is 21.7 Å². The lowest BCUT2D eigenvalue weighted by atomic mass is 9.69. The number of carbonyl (C=O) groups excluding carboxylic acids is 1. The summed E-state index contributed by atoms with van der Waals surface area (Å²) in [7, 11) is 1.87. The smallest absolute Gasteiger partial charge is 0.254 e. The molecule has 2 rings (SSSR count).